The number of pyridine rings is 1. The van der Waals surface area contributed by atoms with Crippen LogP contribution in [-0.4, -0.2) is 14.8 Å². The third-order valence-corrected chi connectivity index (χ3v) is 3.77. The lowest BCUT2D eigenvalue weighted by Gasteiger charge is -2.04. The molecule has 5 heteroatoms. The van der Waals surface area contributed by atoms with E-state index in [0.717, 1.165) is 27.4 Å². The van der Waals surface area contributed by atoms with Crippen LogP contribution in [0.1, 0.15) is 17.1 Å². The Balaban J connectivity index is 2.54. The quantitative estimate of drug-likeness (QED) is 0.796. The van der Waals surface area contributed by atoms with Crippen molar-refractivity contribution in [1.29, 1.82) is 0 Å². The Bertz CT molecular complexity index is 522. The van der Waals surface area contributed by atoms with Crippen molar-refractivity contribution in [3.63, 3.8) is 0 Å². The molecule has 16 heavy (non-hydrogen) atoms. The van der Waals surface area contributed by atoms with Crippen LogP contribution in [0.5, 0.6) is 0 Å². The molecule has 2 aromatic heterocycles. The number of nitrogens with zero attached hydrogens (tertiary/aromatic N) is 3. The Kier molecular flexibility index (Phi) is 3.30. The molecule has 0 unspecified atom stereocenters. The summed E-state index contributed by atoms with van der Waals surface area (Å²) >= 11 is 9.26. The van der Waals surface area contributed by atoms with E-state index in [4.69, 9.17) is 11.6 Å². The average Bonchev–Trinajstić information content (AvgIpc) is 2.57. The van der Waals surface area contributed by atoms with E-state index in [1.807, 2.05) is 36.7 Å². The third kappa shape index (κ3) is 1.99. The molecule has 0 atom stereocenters. The number of rotatable bonds is 2. The summed E-state index contributed by atoms with van der Waals surface area (Å²) in [5.41, 5.74) is 2.84. The van der Waals surface area contributed by atoms with Gasteiger partial charge in [-0.15, -0.1) is 11.6 Å². The van der Waals surface area contributed by atoms with Gasteiger partial charge in [-0.3, -0.25) is 0 Å². The first kappa shape index (κ1) is 11.6. The average molecular weight is 301 g/mol. The van der Waals surface area contributed by atoms with Crippen LogP contribution in [0, 0.1) is 13.8 Å². The van der Waals surface area contributed by atoms with Gasteiger partial charge in [-0.05, 0) is 41.9 Å². The first-order chi connectivity index (χ1) is 7.63. The van der Waals surface area contributed by atoms with Crippen molar-refractivity contribution >= 4 is 27.5 Å². The van der Waals surface area contributed by atoms with Crippen molar-refractivity contribution < 1.29 is 0 Å². The van der Waals surface area contributed by atoms with Crippen LogP contribution in [0.15, 0.2) is 22.7 Å². The number of alkyl halides is 1. The van der Waals surface area contributed by atoms with Gasteiger partial charge in [0.25, 0.3) is 0 Å². The van der Waals surface area contributed by atoms with Crippen molar-refractivity contribution in [1.82, 2.24) is 14.8 Å². The van der Waals surface area contributed by atoms with Crippen LogP contribution >= 0.6 is 27.5 Å². The zero-order valence-corrected chi connectivity index (χ0v) is 11.4. The molecule has 0 saturated heterocycles. The molecule has 0 aliphatic heterocycles. The van der Waals surface area contributed by atoms with Crippen LogP contribution in [0.3, 0.4) is 0 Å². The highest BCUT2D eigenvalue weighted by Gasteiger charge is 2.11. The molecular formula is C11H11BrClN3. The normalized spacial score (nSPS) is 10.8. The van der Waals surface area contributed by atoms with Gasteiger partial charge in [0.05, 0.1) is 27.4 Å². The Labute approximate surface area is 108 Å². The largest absolute Gasteiger partial charge is 0.232 e. The number of hydrogen-bond donors (Lipinski definition) is 0. The second kappa shape index (κ2) is 4.55. The van der Waals surface area contributed by atoms with Crippen molar-refractivity contribution in [3.8, 4) is 5.82 Å². The topological polar surface area (TPSA) is 30.7 Å². The van der Waals surface area contributed by atoms with E-state index in [-0.39, 0.29) is 0 Å². The predicted octanol–water partition coefficient (Wildman–Crippen LogP) is 3.39. The maximum Gasteiger partial charge on any atom is 0.153 e. The second-order valence-electron chi connectivity index (χ2n) is 3.52. The molecule has 0 aliphatic rings. The smallest absolute Gasteiger partial charge is 0.153 e. The number of halogens is 2. The van der Waals surface area contributed by atoms with Crippen molar-refractivity contribution in [3.05, 3.63) is 39.8 Å². The fraction of sp³-hybridized carbons (Fsp3) is 0.273. The molecule has 0 aliphatic carbocycles. The molecule has 2 rings (SSSR count). The highest BCUT2D eigenvalue weighted by Crippen LogP contribution is 2.22. The maximum absolute atomic E-state index is 5.76. The fourth-order valence-electron chi connectivity index (χ4n) is 1.51. The molecule has 84 valence electrons. The Morgan fingerprint density at radius 1 is 1.38 bits per heavy atom. The minimum atomic E-state index is 0.411. The van der Waals surface area contributed by atoms with Gasteiger partial charge in [0.1, 0.15) is 0 Å². The van der Waals surface area contributed by atoms with Crippen molar-refractivity contribution in [2.75, 3.05) is 0 Å². The van der Waals surface area contributed by atoms with E-state index in [2.05, 4.69) is 26.0 Å². The van der Waals surface area contributed by atoms with Crippen LogP contribution < -0.4 is 0 Å². The molecule has 0 N–H and O–H groups in total. The zero-order valence-electron chi connectivity index (χ0n) is 9.04. The van der Waals surface area contributed by atoms with E-state index >= 15 is 0 Å². The molecule has 0 radical (unpaired) electrons. The van der Waals surface area contributed by atoms with Crippen LogP contribution in [0.25, 0.3) is 5.82 Å². The predicted molar refractivity (Wildman–Crippen MR) is 68.1 cm³/mol. The molecule has 0 spiro atoms. The van der Waals surface area contributed by atoms with Gasteiger partial charge in [0, 0.05) is 0 Å². The summed E-state index contributed by atoms with van der Waals surface area (Å²) < 4.78 is 2.83. The Morgan fingerprint density at radius 2 is 2.12 bits per heavy atom. The minimum absolute atomic E-state index is 0.411. The lowest BCUT2D eigenvalue weighted by molar-refractivity contribution is 0.800. The highest BCUT2D eigenvalue weighted by atomic mass is 79.9. The summed E-state index contributed by atoms with van der Waals surface area (Å²) in [7, 11) is 0. The zero-order chi connectivity index (χ0) is 11.7. The lowest BCUT2D eigenvalue weighted by Crippen LogP contribution is -2.03. The van der Waals surface area contributed by atoms with Crippen LogP contribution in [0.2, 0.25) is 0 Å². The molecule has 0 bridgehead atoms. The van der Waals surface area contributed by atoms with Gasteiger partial charge >= 0.3 is 0 Å². The standard InChI is InChI=1S/C11H11BrClN3/c1-7-11(12)8(2)16(15-7)10-5-3-4-9(6-13)14-10/h3-5H,6H2,1-2H3. The molecule has 2 aromatic rings. The van der Waals surface area contributed by atoms with Gasteiger partial charge in [-0.25, -0.2) is 9.67 Å². The van der Waals surface area contributed by atoms with Crippen LogP contribution in [0.4, 0.5) is 0 Å². The van der Waals surface area contributed by atoms with Gasteiger partial charge in [0.2, 0.25) is 0 Å². The van der Waals surface area contributed by atoms with Gasteiger partial charge < -0.3 is 0 Å². The van der Waals surface area contributed by atoms with Crippen LogP contribution in [-0.2, 0) is 5.88 Å². The molecule has 0 amide bonds. The highest BCUT2D eigenvalue weighted by molar-refractivity contribution is 9.10. The number of aromatic nitrogens is 3. The molecule has 2 heterocycles. The maximum atomic E-state index is 5.76. The first-order valence-electron chi connectivity index (χ1n) is 4.87. The van der Waals surface area contributed by atoms with Crippen molar-refractivity contribution in [2.45, 2.75) is 19.7 Å². The molecule has 0 fully saturated rings. The fourth-order valence-corrected chi connectivity index (χ4v) is 1.90. The monoisotopic (exact) mass is 299 g/mol. The Hall–Kier alpha value is -0.870. The summed E-state index contributed by atoms with van der Waals surface area (Å²) in [6, 6.07) is 5.75. The number of hydrogen-bond acceptors (Lipinski definition) is 2. The molecular weight excluding hydrogens is 289 g/mol. The van der Waals surface area contributed by atoms with E-state index in [1.165, 1.54) is 0 Å². The van der Waals surface area contributed by atoms with E-state index in [1.54, 1.807) is 0 Å². The second-order valence-corrected chi connectivity index (χ2v) is 4.58. The van der Waals surface area contributed by atoms with Gasteiger partial charge in [-0.2, -0.15) is 5.10 Å². The SMILES string of the molecule is Cc1nn(-c2cccc(CCl)n2)c(C)c1Br. The van der Waals surface area contributed by atoms with Gasteiger partial charge in [0.15, 0.2) is 5.82 Å². The first-order valence-corrected chi connectivity index (χ1v) is 6.20. The lowest BCUT2D eigenvalue weighted by atomic mass is 10.3. The van der Waals surface area contributed by atoms with Gasteiger partial charge in [-0.1, -0.05) is 6.07 Å². The summed E-state index contributed by atoms with van der Waals surface area (Å²) in [6.07, 6.45) is 0. The third-order valence-electron chi connectivity index (χ3n) is 2.35. The molecule has 3 nitrogen and oxygen atoms in total. The van der Waals surface area contributed by atoms with E-state index in [9.17, 15) is 0 Å². The Morgan fingerprint density at radius 3 is 2.69 bits per heavy atom. The summed E-state index contributed by atoms with van der Waals surface area (Å²) in [4.78, 5) is 4.42. The van der Waals surface area contributed by atoms with E-state index in [0.29, 0.717) is 5.88 Å². The number of aryl methyl sites for hydroxylation is 1. The van der Waals surface area contributed by atoms with E-state index < -0.39 is 0 Å². The van der Waals surface area contributed by atoms with Crippen molar-refractivity contribution in [2.24, 2.45) is 0 Å². The minimum Gasteiger partial charge on any atom is -0.232 e. The summed E-state index contributed by atoms with van der Waals surface area (Å²) in [5.74, 6) is 1.21. The molecule has 0 aromatic carbocycles. The molecule has 0 saturated carbocycles. The summed E-state index contributed by atoms with van der Waals surface area (Å²) in [6.45, 7) is 3.96. The summed E-state index contributed by atoms with van der Waals surface area (Å²) in [5, 5.41) is 4.42.